The van der Waals surface area contributed by atoms with Crippen LogP contribution in [0.25, 0.3) is 0 Å². The monoisotopic (exact) mass is 285 g/mol. The molecule has 0 amide bonds. The van der Waals surface area contributed by atoms with Crippen LogP contribution in [0, 0.1) is 18.8 Å². The minimum atomic E-state index is 0.329. The predicted octanol–water partition coefficient (Wildman–Crippen LogP) is 2.74. The number of nitrogens with one attached hydrogen (secondary N) is 1. The van der Waals surface area contributed by atoms with Crippen LogP contribution in [0.1, 0.15) is 44.0 Å². The van der Waals surface area contributed by atoms with Gasteiger partial charge in [0, 0.05) is 36.9 Å². The topological polar surface area (TPSA) is 28.2 Å². The first kappa shape index (κ1) is 13.7. The fourth-order valence-electron chi connectivity index (χ4n) is 4.07. The molecule has 0 spiro atoms. The van der Waals surface area contributed by atoms with Gasteiger partial charge in [0.15, 0.2) is 0 Å². The molecule has 0 radical (unpaired) electrons. The fraction of sp³-hybridized carbons (Fsp3) is 0.722. The lowest BCUT2D eigenvalue weighted by Crippen LogP contribution is -2.64. The zero-order valence-corrected chi connectivity index (χ0v) is 13.3. The Morgan fingerprint density at radius 3 is 2.76 bits per heavy atom. The molecule has 0 aromatic carbocycles. The van der Waals surface area contributed by atoms with E-state index < -0.39 is 0 Å². The second-order valence-corrected chi connectivity index (χ2v) is 7.65. The summed E-state index contributed by atoms with van der Waals surface area (Å²) in [5.41, 5.74) is 2.70. The summed E-state index contributed by atoms with van der Waals surface area (Å²) in [7, 11) is 0. The normalized spacial score (nSPS) is 34.1. The maximum Gasteiger partial charge on any atom is 0.0547 e. The third-order valence-corrected chi connectivity index (χ3v) is 5.67. The number of aromatic nitrogens is 1. The van der Waals surface area contributed by atoms with E-state index in [0.717, 1.165) is 30.1 Å². The van der Waals surface area contributed by atoms with Crippen LogP contribution < -0.4 is 5.32 Å². The lowest BCUT2D eigenvalue weighted by molar-refractivity contribution is 0.0568. The number of hydrogen-bond acceptors (Lipinski definition) is 3. The molecule has 3 aliphatic rings. The van der Waals surface area contributed by atoms with Gasteiger partial charge < -0.3 is 5.32 Å². The molecule has 2 unspecified atom stereocenters. The SMILES string of the molecule is Cc1cccc(CN2CC(C)(C3CC3)NCC2C2CC2)n1. The van der Waals surface area contributed by atoms with Crippen LogP contribution in [0.5, 0.6) is 0 Å². The van der Waals surface area contributed by atoms with Gasteiger partial charge in [-0.25, -0.2) is 0 Å². The molecule has 1 saturated heterocycles. The van der Waals surface area contributed by atoms with E-state index in [9.17, 15) is 0 Å². The highest BCUT2D eigenvalue weighted by molar-refractivity contribution is 5.12. The molecular formula is C18H27N3. The first-order valence-corrected chi connectivity index (χ1v) is 8.56. The van der Waals surface area contributed by atoms with Gasteiger partial charge in [-0.05, 0) is 63.5 Å². The average molecular weight is 285 g/mol. The smallest absolute Gasteiger partial charge is 0.0547 e. The Labute approximate surface area is 128 Å². The van der Waals surface area contributed by atoms with E-state index in [4.69, 9.17) is 4.98 Å². The van der Waals surface area contributed by atoms with Gasteiger partial charge in [-0.2, -0.15) is 0 Å². The second kappa shape index (κ2) is 5.06. The minimum absolute atomic E-state index is 0.329. The Kier molecular flexibility index (Phi) is 3.31. The molecule has 1 N–H and O–H groups in total. The van der Waals surface area contributed by atoms with Crippen LogP contribution in [-0.2, 0) is 6.54 Å². The van der Waals surface area contributed by atoms with Crippen molar-refractivity contribution in [3.63, 3.8) is 0 Å². The van der Waals surface area contributed by atoms with E-state index in [-0.39, 0.29) is 0 Å². The zero-order chi connectivity index (χ0) is 14.4. The molecule has 2 atom stereocenters. The van der Waals surface area contributed by atoms with Gasteiger partial charge in [0.25, 0.3) is 0 Å². The van der Waals surface area contributed by atoms with Crippen molar-refractivity contribution >= 4 is 0 Å². The van der Waals surface area contributed by atoms with Crippen molar-refractivity contribution in [1.82, 2.24) is 15.2 Å². The van der Waals surface area contributed by atoms with Crippen molar-refractivity contribution in [2.45, 2.75) is 57.7 Å². The van der Waals surface area contributed by atoms with Crippen molar-refractivity contribution in [3.05, 3.63) is 29.6 Å². The van der Waals surface area contributed by atoms with Gasteiger partial charge in [0.05, 0.1) is 5.69 Å². The summed E-state index contributed by atoms with van der Waals surface area (Å²) in [6, 6.07) is 7.15. The number of hydrogen-bond donors (Lipinski definition) is 1. The van der Waals surface area contributed by atoms with Crippen LogP contribution in [0.2, 0.25) is 0 Å². The Morgan fingerprint density at radius 2 is 2.10 bits per heavy atom. The highest BCUT2D eigenvalue weighted by Crippen LogP contribution is 2.44. The Morgan fingerprint density at radius 1 is 1.29 bits per heavy atom. The van der Waals surface area contributed by atoms with E-state index in [0.29, 0.717) is 5.54 Å². The molecule has 21 heavy (non-hydrogen) atoms. The van der Waals surface area contributed by atoms with E-state index in [1.807, 2.05) is 0 Å². The summed E-state index contributed by atoms with van der Waals surface area (Å²) in [6.45, 7) is 7.91. The highest BCUT2D eigenvalue weighted by atomic mass is 15.3. The molecule has 1 aromatic rings. The van der Waals surface area contributed by atoms with Crippen LogP contribution in [0.4, 0.5) is 0 Å². The molecule has 1 aromatic heterocycles. The Bertz CT molecular complexity index is 521. The number of aryl methyl sites for hydroxylation is 1. The maximum absolute atomic E-state index is 4.73. The first-order chi connectivity index (χ1) is 10.1. The fourth-order valence-corrected chi connectivity index (χ4v) is 4.07. The summed E-state index contributed by atoms with van der Waals surface area (Å²) in [4.78, 5) is 7.46. The number of rotatable bonds is 4. The van der Waals surface area contributed by atoms with Gasteiger partial charge in [-0.15, -0.1) is 0 Å². The second-order valence-electron chi connectivity index (χ2n) is 7.65. The standard InChI is InChI=1S/C18H27N3/c1-13-4-3-5-16(20-13)11-21-12-18(2,15-8-9-15)19-10-17(21)14-6-7-14/h3-5,14-15,17,19H,6-12H2,1-2H3. The minimum Gasteiger partial charge on any atom is -0.308 e. The van der Waals surface area contributed by atoms with Crippen LogP contribution in [-0.4, -0.2) is 34.6 Å². The molecule has 2 heterocycles. The van der Waals surface area contributed by atoms with Gasteiger partial charge in [-0.3, -0.25) is 9.88 Å². The van der Waals surface area contributed by atoms with Crippen LogP contribution in [0.15, 0.2) is 18.2 Å². The van der Waals surface area contributed by atoms with Gasteiger partial charge in [-0.1, -0.05) is 6.07 Å². The predicted molar refractivity (Wildman–Crippen MR) is 85.0 cm³/mol. The molecule has 4 rings (SSSR count). The maximum atomic E-state index is 4.73. The summed E-state index contributed by atoms with van der Waals surface area (Å²) >= 11 is 0. The summed E-state index contributed by atoms with van der Waals surface area (Å²) in [5, 5.41) is 3.89. The quantitative estimate of drug-likeness (QED) is 0.922. The van der Waals surface area contributed by atoms with Gasteiger partial charge >= 0.3 is 0 Å². The third kappa shape index (κ3) is 2.86. The van der Waals surface area contributed by atoms with Crippen molar-refractivity contribution in [2.24, 2.45) is 11.8 Å². The summed E-state index contributed by atoms with van der Waals surface area (Å²) < 4.78 is 0. The van der Waals surface area contributed by atoms with E-state index in [2.05, 4.69) is 42.3 Å². The van der Waals surface area contributed by atoms with E-state index in [1.54, 1.807) is 0 Å². The molecule has 2 saturated carbocycles. The highest BCUT2D eigenvalue weighted by Gasteiger charge is 2.48. The molecule has 2 aliphatic carbocycles. The average Bonchev–Trinajstić information content (AvgIpc) is 3.30. The number of nitrogens with zero attached hydrogens (tertiary/aromatic N) is 2. The molecule has 3 nitrogen and oxygen atoms in total. The van der Waals surface area contributed by atoms with Crippen LogP contribution >= 0.6 is 0 Å². The summed E-state index contributed by atoms with van der Waals surface area (Å²) in [6.07, 6.45) is 5.66. The molecule has 3 heteroatoms. The molecule has 0 bridgehead atoms. The Balaban J connectivity index is 1.52. The van der Waals surface area contributed by atoms with Crippen molar-refractivity contribution in [2.75, 3.05) is 13.1 Å². The largest absolute Gasteiger partial charge is 0.308 e. The molecule has 1 aliphatic heterocycles. The molecular weight excluding hydrogens is 258 g/mol. The Hall–Kier alpha value is -0.930. The van der Waals surface area contributed by atoms with Crippen molar-refractivity contribution in [3.8, 4) is 0 Å². The van der Waals surface area contributed by atoms with Gasteiger partial charge in [0.1, 0.15) is 0 Å². The summed E-state index contributed by atoms with van der Waals surface area (Å²) in [5.74, 6) is 1.82. The zero-order valence-electron chi connectivity index (χ0n) is 13.3. The third-order valence-electron chi connectivity index (χ3n) is 5.67. The number of piperazine rings is 1. The van der Waals surface area contributed by atoms with E-state index in [1.165, 1.54) is 44.5 Å². The lowest BCUT2D eigenvalue weighted by Gasteiger charge is -2.47. The molecule has 3 fully saturated rings. The lowest BCUT2D eigenvalue weighted by atomic mass is 9.89. The number of pyridine rings is 1. The van der Waals surface area contributed by atoms with Crippen molar-refractivity contribution < 1.29 is 0 Å². The van der Waals surface area contributed by atoms with Gasteiger partial charge in [0.2, 0.25) is 0 Å². The molecule has 114 valence electrons. The van der Waals surface area contributed by atoms with E-state index >= 15 is 0 Å². The first-order valence-electron chi connectivity index (χ1n) is 8.56. The van der Waals surface area contributed by atoms with Crippen LogP contribution in [0.3, 0.4) is 0 Å². The van der Waals surface area contributed by atoms with Crippen molar-refractivity contribution in [1.29, 1.82) is 0 Å².